The molecule has 2 heterocycles. The third-order valence-electron chi connectivity index (χ3n) is 4.03. The van der Waals surface area contributed by atoms with Crippen molar-refractivity contribution in [2.24, 2.45) is 0 Å². The minimum atomic E-state index is 0.717. The summed E-state index contributed by atoms with van der Waals surface area (Å²) in [6.07, 6.45) is 4.75. The molecule has 0 spiro atoms. The van der Waals surface area contributed by atoms with Crippen LogP contribution in [0.3, 0.4) is 0 Å². The molecule has 0 saturated carbocycles. The van der Waals surface area contributed by atoms with Gasteiger partial charge < -0.3 is 10.3 Å². The Morgan fingerprint density at radius 1 is 1.28 bits per heavy atom. The van der Waals surface area contributed by atoms with Gasteiger partial charge in [0, 0.05) is 23.8 Å². The third kappa shape index (κ3) is 2.16. The molecule has 96 valence electrons. The van der Waals surface area contributed by atoms with Gasteiger partial charge in [0.1, 0.15) is 0 Å². The van der Waals surface area contributed by atoms with E-state index in [-0.39, 0.29) is 0 Å². The molecule has 3 nitrogen and oxygen atoms in total. The zero-order chi connectivity index (χ0) is 12.4. The number of para-hydroxylation sites is 1. The highest BCUT2D eigenvalue weighted by Crippen LogP contribution is 2.32. The van der Waals surface area contributed by atoms with Gasteiger partial charge in [-0.2, -0.15) is 0 Å². The van der Waals surface area contributed by atoms with Crippen LogP contribution in [0.4, 0.5) is 0 Å². The van der Waals surface area contributed by atoms with E-state index in [1.807, 2.05) is 7.05 Å². The third-order valence-corrected chi connectivity index (χ3v) is 4.03. The summed E-state index contributed by atoms with van der Waals surface area (Å²) < 4.78 is 0. The predicted molar refractivity (Wildman–Crippen MR) is 75.8 cm³/mol. The van der Waals surface area contributed by atoms with E-state index < -0.39 is 0 Å². The Morgan fingerprint density at radius 2 is 2.06 bits per heavy atom. The molecule has 0 radical (unpaired) electrons. The molecule has 1 aromatic heterocycles. The molecule has 0 bridgehead atoms. The maximum absolute atomic E-state index is 3.40. The summed E-state index contributed by atoms with van der Waals surface area (Å²) in [5.74, 6) is 0.717. The first-order valence-electron chi connectivity index (χ1n) is 6.81. The van der Waals surface area contributed by atoms with Crippen molar-refractivity contribution in [3.63, 3.8) is 0 Å². The first kappa shape index (κ1) is 11.8. The number of piperidine rings is 1. The quantitative estimate of drug-likeness (QED) is 0.868. The van der Waals surface area contributed by atoms with Crippen molar-refractivity contribution in [2.45, 2.75) is 18.8 Å². The Bertz CT molecular complexity index is 509. The topological polar surface area (TPSA) is 31.1 Å². The van der Waals surface area contributed by atoms with Gasteiger partial charge in [0.05, 0.1) is 0 Å². The van der Waals surface area contributed by atoms with Gasteiger partial charge in [-0.3, -0.25) is 4.90 Å². The van der Waals surface area contributed by atoms with Gasteiger partial charge in [-0.15, -0.1) is 0 Å². The van der Waals surface area contributed by atoms with Crippen LogP contribution in [0.15, 0.2) is 30.5 Å². The minimum Gasteiger partial charge on any atom is -0.361 e. The predicted octanol–water partition coefficient (Wildman–Crippen LogP) is 2.52. The summed E-state index contributed by atoms with van der Waals surface area (Å²) in [7, 11) is 2.02. The lowest BCUT2D eigenvalue weighted by Gasteiger charge is -2.31. The maximum Gasteiger partial charge on any atom is 0.0477 e. The summed E-state index contributed by atoms with van der Waals surface area (Å²) in [6.45, 7) is 3.41. The van der Waals surface area contributed by atoms with E-state index >= 15 is 0 Å². The van der Waals surface area contributed by atoms with Crippen LogP contribution in [0.1, 0.15) is 24.3 Å². The number of nitrogens with one attached hydrogen (secondary N) is 2. The monoisotopic (exact) mass is 243 g/mol. The highest BCUT2D eigenvalue weighted by molar-refractivity contribution is 5.83. The Morgan fingerprint density at radius 3 is 2.83 bits per heavy atom. The standard InChI is InChI=1S/C15H21N3/c1-16-11-18-8-6-12(7-9-18)14-10-17-15-5-3-2-4-13(14)15/h2-5,10,12,16-17H,6-9,11H2,1H3. The molecule has 18 heavy (non-hydrogen) atoms. The highest BCUT2D eigenvalue weighted by atomic mass is 15.2. The second kappa shape index (κ2) is 5.12. The number of likely N-dealkylation sites (tertiary alicyclic amines) is 1. The van der Waals surface area contributed by atoms with Crippen LogP contribution in [-0.2, 0) is 0 Å². The van der Waals surface area contributed by atoms with Crippen molar-refractivity contribution in [2.75, 3.05) is 26.8 Å². The molecule has 1 fully saturated rings. The van der Waals surface area contributed by atoms with Crippen molar-refractivity contribution < 1.29 is 0 Å². The Labute approximate surface area is 108 Å². The van der Waals surface area contributed by atoms with E-state index in [0.29, 0.717) is 5.92 Å². The normalized spacial score (nSPS) is 18.5. The van der Waals surface area contributed by atoms with Crippen molar-refractivity contribution in [1.29, 1.82) is 0 Å². The second-order valence-corrected chi connectivity index (χ2v) is 5.19. The Balaban J connectivity index is 1.76. The summed E-state index contributed by atoms with van der Waals surface area (Å²) in [6, 6.07) is 8.63. The lowest BCUT2D eigenvalue weighted by molar-refractivity contribution is 0.203. The Hall–Kier alpha value is -1.32. The average Bonchev–Trinajstić information content (AvgIpc) is 2.84. The van der Waals surface area contributed by atoms with Crippen molar-refractivity contribution in [3.05, 3.63) is 36.0 Å². The maximum atomic E-state index is 3.40. The molecular weight excluding hydrogens is 222 g/mol. The van der Waals surface area contributed by atoms with Gasteiger partial charge in [-0.05, 0) is 50.5 Å². The largest absolute Gasteiger partial charge is 0.361 e. The van der Waals surface area contributed by atoms with Crippen molar-refractivity contribution >= 4 is 10.9 Å². The first-order valence-corrected chi connectivity index (χ1v) is 6.81. The molecule has 3 heteroatoms. The highest BCUT2D eigenvalue weighted by Gasteiger charge is 2.22. The number of H-pyrrole nitrogens is 1. The average molecular weight is 243 g/mol. The van der Waals surface area contributed by atoms with Crippen molar-refractivity contribution in [1.82, 2.24) is 15.2 Å². The zero-order valence-electron chi connectivity index (χ0n) is 10.9. The van der Waals surface area contributed by atoms with Gasteiger partial charge in [0.25, 0.3) is 0 Å². The number of aromatic nitrogens is 1. The fourth-order valence-electron chi connectivity index (χ4n) is 3.06. The van der Waals surface area contributed by atoms with Crippen LogP contribution in [-0.4, -0.2) is 36.7 Å². The van der Waals surface area contributed by atoms with E-state index in [2.05, 4.69) is 45.7 Å². The van der Waals surface area contributed by atoms with Gasteiger partial charge >= 0.3 is 0 Å². The lowest BCUT2D eigenvalue weighted by atomic mass is 9.89. The molecule has 0 aliphatic carbocycles. The second-order valence-electron chi connectivity index (χ2n) is 5.19. The van der Waals surface area contributed by atoms with Crippen LogP contribution in [0.25, 0.3) is 10.9 Å². The van der Waals surface area contributed by atoms with Crippen LogP contribution < -0.4 is 5.32 Å². The van der Waals surface area contributed by atoms with Gasteiger partial charge in [0.15, 0.2) is 0 Å². The minimum absolute atomic E-state index is 0.717. The SMILES string of the molecule is CNCN1CCC(c2c[nH]c3ccccc23)CC1. The fourth-order valence-corrected chi connectivity index (χ4v) is 3.06. The van der Waals surface area contributed by atoms with E-state index in [0.717, 1.165) is 6.67 Å². The number of fused-ring (bicyclic) bond motifs is 1. The molecule has 0 amide bonds. The molecule has 0 atom stereocenters. The number of hydrogen-bond donors (Lipinski definition) is 2. The van der Waals surface area contributed by atoms with Crippen molar-refractivity contribution in [3.8, 4) is 0 Å². The fraction of sp³-hybridized carbons (Fsp3) is 0.467. The number of rotatable bonds is 3. The van der Waals surface area contributed by atoms with Gasteiger partial charge in [0.2, 0.25) is 0 Å². The summed E-state index contributed by atoms with van der Waals surface area (Å²) in [5, 5.41) is 4.64. The van der Waals surface area contributed by atoms with Gasteiger partial charge in [-0.25, -0.2) is 0 Å². The molecule has 3 rings (SSSR count). The number of benzene rings is 1. The van der Waals surface area contributed by atoms with Crippen LogP contribution in [0.5, 0.6) is 0 Å². The molecule has 1 aliphatic heterocycles. The van der Waals surface area contributed by atoms with E-state index in [4.69, 9.17) is 0 Å². The number of nitrogens with zero attached hydrogens (tertiary/aromatic N) is 1. The van der Waals surface area contributed by atoms with Gasteiger partial charge in [-0.1, -0.05) is 18.2 Å². The first-order chi connectivity index (χ1) is 8.88. The molecule has 2 N–H and O–H groups in total. The smallest absolute Gasteiger partial charge is 0.0477 e. The molecule has 1 aliphatic rings. The van der Waals surface area contributed by atoms with E-state index in [9.17, 15) is 0 Å². The molecule has 0 unspecified atom stereocenters. The lowest BCUT2D eigenvalue weighted by Crippen LogP contribution is -2.38. The van der Waals surface area contributed by atoms with Crippen LogP contribution in [0, 0.1) is 0 Å². The molecule has 1 saturated heterocycles. The Kier molecular flexibility index (Phi) is 3.35. The van der Waals surface area contributed by atoms with Crippen LogP contribution >= 0.6 is 0 Å². The molecular formula is C15H21N3. The molecule has 2 aromatic rings. The number of aromatic amines is 1. The summed E-state index contributed by atoms with van der Waals surface area (Å²) in [4.78, 5) is 5.89. The molecule has 1 aromatic carbocycles. The number of hydrogen-bond acceptors (Lipinski definition) is 2. The summed E-state index contributed by atoms with van der Waals surface area (Å²) in [5.41, 5.74) is 2.78. The van der Waals surface area contributed by atoms with E-state index in [1.54, 1.807) is 0 Å². The van der Waals surface area contributed by atoms with Crippen LogP contribution in [0.2, 0.25) is 0 Å². The summed E-state index contributed by atoms with van der Waals surface area (Å²) >= 11 is 0. The van der Waals surface area contributed by atoms with E-state index in [1.165, 1.54) is 42.4 Å². The zero-order valence-corrected chi connectivity index (χ0v) is 10.9.